The van der Waals surface area contributed by atoms with E-state index in [1.807, 2.05) is 266 Å². The monoisotopic (exact) mass is 2090 g/mol. The van der Waals surface area contributed by atoms with Gasteiger partial charge in [-0.1, -0.05) is 150 Å². The number of fused-ring (bicyclic) bond motifs is 4. The molecular weight excluding hydrogens is 1950 g/mol. The average Bonchev–Trinajstić information content (AvgIpc) is 0.760. The van der Waals surface area contributed by atoms with Crippen LogP contribution in [0.2, 0.25) is 20.1 Å². The number of ether oxygens (including phenoxy) is 12. The average molecular weight is 2090 g/mol. The molecule has 12 aromatic carbocycles. The highest BCUT2D eigenvalue weighted by Crippen LogP contribution is 2.51. The fourth-order valence-corrected chi connectivity index (χ4v) is 18.4. The minimum Gasteiger partial charge on any atom is -0.497 e. The van der Waals surface area contributed by atoms with E-state index >= 15 is 0 Å². The van der Waals surface area contributed by atoms with Crippen LogP contribution in [0.1, 0.15) is 213 Å². The maximum absolute atomic E-state index is 13.7. The minimum atomic E-state index is -0.348. The van der Waals surface area contributed by atoms with E-state index in [-0.39, 0.29) is 97.9 Å². The molecule has 4 aliphatic rings. The van der Waals surface area contributed by atoms with Crippen molar-refractivity contribution in [3.05, 3.63) is 330 Å². The molecular formula is C122H142Cl4N6O16. The van der Waals surface area contributed by atoms with Gasteiger partial charge in [0.15, 0.2) is 46.0 Å². The molecule has 0 aliphatic carbocycles. The van der Waals surface area contributed by atoms with Gasteiger partial charge in [0.2, 0.25) is 23.6 Å². The van der Waals surface area contributed by atoms with Gasteiger partial charge in [0, 0.05) is 55.9 Å². The molecule has 0 N–H and O–H groups in total. The van der Waals surface area contributed by atoms with Crippen LogP contribution in [0, 0.1) is 11.8 Å². The summed E-state index contributed by atoms with van der Waals surface area (Å²) in [5.41, 5.74) is 14.9. The van der Waals surface area contributed by atoms with Gasteiger partial charge in [-0.05, 0) is 367 Å². The molecule has 16 rings (SSSR count). The second-order valence-electron chi connectivity index (χ2n) is 39.1. The quantitative estimate of drug-likeness (QED) is 0.0328. The van der Waals surface area contributed by atoms with Crippen LogP contribution in [-0.2, 0) is 44.9 Å². The maximum Gasteiger partial charge on any atom is 0.232 e. The van der Waals surface area contributed by atoms with Crippen LogP contribution >= 0.6 is 46.4 Å². The Balaban J connectivity index is 0.000000165. The maximum atomic E-state index is 13.7. The molecule has 0 aromatic heterocycles. The van der Waals surface area contributed by atoms with Gasteiger partial charge >= 0.3 is 0 Å². The first-order valence-electron chi connectivity index (χ1n) is 51.2. The molecule has 148 heavy (non-hydrogen) atoms. The van der Waals surface area contributed by atoms with Crippen LogP contribution in [-0.4, -0.2) is 154 Å². The van der Waals surface area contributed by atoms with Crippen LogP contribution < -0.4 is 76.4 Å². The summed E-state index contributed by atoms with van der Waals surface area (Å²) in [6.07, 6.45) is 6.45. The van der Waals surface area contributed by atoms with Crippen molar-refractivity contribution in [1.29, 1.82) is 0 Å². The lowest BCUT2D eigenvalue weighted by Gasteiger charge is -2.38. The van der Waals surface area contributed by atoms with E-state index < -0.39 is 0 Å². The van der Waals surface area contributed by atoms with Crippen LogP contribution in [0.25, 0.3) is 0 Å². The normalized spacial score (nSPS) is 15.9. The van der Waals surface area contributed by atoms with Gasteiger partial charge in [-0.15, -0.1) is 0 Å². The molecule has 0 spiro atoms. The topological polar surface area (TPSA) is 198 Å². The summed E-state index contributed by atoms with van der Waals surface area (Å²) in [6, 6.07) is 75.9. The minimum absolute atomic E-state index is 0.0109. The van der Waals surface area contributed by atoms with Crippen LogP contribution in [0.5, 0.6) is 69.0 Å². The van der Waals surface area contributed by atoms with Crippen molar-refractivity contribution >= 4 is 92.8 Å². The number of hydrogen-bond donors (Lipinski definition) is 0. The molecule has 8 atom stereocenters. The van der Waals surface area contributed by atoms with E-state index in [0.717, 1.165) is 164 Å². The van der Waals surface area contributed by atoms with Crippen molar-refractivity contribution in [3.63, 3.8) is 0 Å². The molecule has 22 nitrogen and oxygen atoms in total. The van der Waals surface area contributed by atoms with Crippen molar-refractivity contribution < 1.29 is 76.0 Å². The molecule has 0 radical (unpaired) electrons. The zero-order valence-electron chi connectivity index (χ0n) is 88.9. The van der Waals surface area contributed by atoms with Gasteiger partial charge < -0.3 is 86.2 Å². The van der Waals surface area contributed by atoms with Crippen LogP contribution in [0.4, 0.5) is 22.7 Å². The highest BCUT2D eigenvalue weighted by molar-refractivity contribution is 6.31. The van der Waals surface area contributed by atoms with Crippen molar-refractivity contribution in [2.75, 3.05) is 116 Å². The molecule has 26 heteroatoms. The Bertz CT molecular complexity index is 5990. The fourth-order valence-electron chi connectivity index (χ4n) is 17.9. The van der Waals surface area contributed by atoms with Gasteiger partial charge in [0.25, 0.3) is 0 Å². The molecule has 784 valence electrons. The van der Waals surface area contributed by atoms with E-state index in [1.54, 1.807) is 28.4 Å². The molecule has 4 unspecified atom stereocenters. The molecule has 12 aromatic rings. The summed E-state index contributed by atoms with van der Waals surface area (Å²) in [4.78, 5) is 66.4. The van der Waals surface area contributed by atoms with Crippen molar-refractivity contribution in [2.45, 2.75) is 196 Å². The molecule has 0 saturated carbocycles. The second kappa shape index (κ2) is 53.4. The van der Waals surface area contributed by atoms with E-state index in [1.165, 1.54) is 0 Å². The number of carbonyl (C=O) groups is 4. The van der Waals surface area contributed by atoms with Gasteiger partial charge in [-0.2, -0.15) is 0 Å². The zero-order chi connectivity index (χ0) is 106. The number of hydrogen-bond acceptors (Lipinski definition) is 18. The number of anilines is 4. The fraction of sp³-hybridized carbons (Fsp3) is 0.377. The van der Waals surface area contributed by atoms with Crippen molar-refractivity contribution in [1.82, 2.24) is 9.80 Å². The molecule has 0 fully saturated rings. The molecule has 4 heterocycles. The van der Waals surface area contributed by atoms with E-state index in [2.05, 4.69) is 117 Å². The standard InChI is InChI=1S/2C31H37ClN2O4.2C30H34ClNO4/c2*1-6-21(2)38-29-20-27-23(18-28(29)37-17-7-16-33(3)4)19-30(35)34(25-12-14-26(36-5)15-13-25)31(27)22-8-10-24(32)11-9-22;2*1-6-20(4)36-28-17-26-22(15-27(28)35-18-19(2)3)16-29(33)32(24-11-13-25(34-5)14-12-24)30(26)21-7-9-23(31)10-8-21/h2*8-15,18,20-21,31H,6-7,16-17,19H2,1-5H3;2*7-15,17,19-20,30H,6,16,18H2,1-5H3/t2*21-,31?;2*20-,30?/m1111/s1. The Hall–Kier alpha value is -12.8. The number of carbonyl (C=O) groups excluding carboxylic acids is 4. The third-order valence-corrected chi connectivity index (χ3v) is 27.4. The first-order valence-corrected chi connectivity index (χ1v) is 52.7. The van der Waals surface area contributed by atoms with Crippen molar-refractivity contribution in [2.24, 2.45) is 11.8 Å². The number of rotatable bonds is 40. The number of methoxy groups -OCH3 is 4. The van der Waals surface area contributed by atoms with Gasteiger partial charge in [-0.3, -0.25) is 19.2 Å². The first kappa shape index (κ1) is 112. The van der Waals surface area contributed by atoms with Crippen LogP contribution in [0.15, 0.2) is 243 Å². The summed E-state index contributed by atoms with van der Waals surface area (Å²) in [7, 11) is 14.7. The predicted octanol–water partition coefficient (Wildman–Crippen LogP) is 27.5. The number of benzene rings is 12. The summed E-state index contributed by atoms with van der Waals surface area (Å²) < 4.78 is 71.5. The highest BCUT2D eigenvalue weighted by atomic mass is 35.5. The second-order valence-corrected chi connectivity index (χ2v) is 40.9. The molecule has 0 saturated heterocycles. The van der Waals surface area contributed by atoms with E-state index in [4.69, 9.17) is 103 Å². The predicted molar refractivity (Wildman–Crippen MR) is 595 cm³/mol. The SMILES string of the molecule is CC[C@@H](C)Oc1cc2c(cc1OCC(C)C)CC(=O)N(c1ccc(OC)cc1)C2c1ccc(Cl)cc1.CC[C@@H](C)Oc1cc2c(cc1OCC(C)C)CC(=O)N(c1ccc(OC)cc1)C2c1ccc(Cl)cc1.CC[C@@H](C)Oc1cc2c(cc1OCCCN(C)C)CC(=O)N(c1ccc(OC)cc1)C2c1ccc(Cl)cc1.CC[C@@H](C)Oc1cc2c(cc1OCCCN(C)C)CC(=O)N(c1ccc(OC)cc1)C2c1ccc(Cl)cc1. The lowest BCUT2D eigenvalue weighted by molar-refractivity contribution is -0.119. The third kappa shape index (κ3) is 29.0. The Morgan fingerprint density at radius 3 is 0.669 bits per heavy atom. The molecule has 4 amide bonds. The third-order valence-electron chi connectivity index (χ3n) is 26.4. The Kier molecular flexibility index (Phi) is 40.5. The summed E-state index contributed by atoms with van der Waals surface area (Å²) >= 11 is 24.9. The Morgan fingerprint density at radius 1 is 0.284 bits per heavy atom. The molecule has 0 bridgehead atoms. The smallest absolute Gasteiger partial charge is 0.232 e. The lowest BCUT2D eigenvalue weighted by Crippen LogP contribution is -2.41. The number of amides is 4. The summed E-state index contributed by atoms with van der Waals surface area (Å²) in [5, 5.41) is 2.59. The van der Waals surface area contributed by atoms with E-state index in [0.29, 0.717) is 104 Å². The van der Waals surface area contributed by atoms with Crippen molar-refractivity contribution in [3.8, 4) is 69.0 Å². The molecule has 4 aliphatic heterocycles. The highest BCUT2D eigenvalue weighted by Gasteiger charge is 2.42. The van der Waals surface area contributed by atoms with E-state index in [9.17, 15) is 19.2 Å². The van der Waals surface area contributed by atoms with Crippen LogP contribution in [0.3, 0.4) is 0 Å². The van der Waals surface area contributed by atoms with Gasteiger partial charge in [0.1, 0.15) is 23.0 Å². The largest absolute Gasteiger partial charge is 0.497 e. The Morgan fingerprint density at radius 2 is 0.486 bits per heavy atom. The number of nitrogens with zero attached hydrogens (tertiary/aromatic N) is 6. The Labute approximate surface area is 894 Å². The zero-order valence-corrected chi connectivity index (χ0v) is 91.9. The van der Waals surface area contributed by atoms with Gasteiger partial charge in [0.05, 0.1) is 129 Å². The van der Waals surface area contributed by atoms with Gasteiger partial charge in [-0.25, -0.2) is 0 Å². The summed E-state index contributed by atoms with van der Waals surface area (Å²) in [6.45, 7) is 29.2. The summed E-state index contributed by atoms with van der Waals surface area (Å²) in [5.74, 6) is 9.27. The lowest BCUT2D eigenvalue weighted by atomic mass is 9.86. The first-order chi connectivity index (χ1) is 71.2. The number of halogens is 4.